The van der Waals surface area contributed by atoms with E-state index < -0.39 is 0 Å². The quantitative estimate of drug-likeness (QED) is 0.761. The van der Waals surface area contributed by atoms with E-state index in [-0.39, 0.29) is 23.9 Å². The summed E-state index contributed by atoms with van der Waals surface area (Å²) in [7, 11) is 0. The lowest BCUT2D eigenvalue weighted by Gasteiger charge is -2.34. The molecule has 0 unspecified atom stereocenters. The van der Waals surface area contributed by atoms with Gasteiger partial charge < -0.3 is 4.74 Å². The second-order valence-corrected chi connectivity index (χ2v) is 5.97. The molecular formula is C18H17ClO2. The van der Waals surface area contributed by atoms with Crippen molar-refractivity contribution in [2.75, 3.05) is 0 Å². The fourth-order valence-electron chi connectivity index (χ4n) is 3.04. The molecule has 0 radical (unpaired) electrons. The number of cyclic esters (lactones) is 1. The predicted octanol–water partition coefficient (Wildman–Crippen LogP) is 4.54. The van der Waals surface area contributed by atoms with Crippen LogP contribution in [-0.2, 0) is 9.53 Å². The Morgan fingerprint density at radius 3 is 2.33 bits per heavy atom. The highest BCUT2D eigenvalue weighted by Gasteiger charge is 2.38. The third kappa shape index (κ3) is 2.96. The molecule has 0 aliphatic carbocycles. The lowest BCUT2D eigenvalue weighted by atomic mass is 9.77. The molecule has 108 valence electrons. The van der Waals surface area contributed by atoms with Gasteiger partial charge in [0.25, 0.3) is 0 Å². The standard InChI is InChI=1S/C18H17ClO2/c1-12-11-16(13-7-9-15(19)10-8-13)17(18(20)21-12)14-5-3-2-4-6-14/h2-10,12,16-17H,11H2,1H3/t12-,16+,17-/m0/s1. The monoisotopic (exact) mass is 300 g/mol. The molecule has 0 saturated carbocycles. The highest BCUT2D eigenvalue weighted by Crippen LogP contribution is 2.41. The number of benzene rings is 2. The van der Waals surface area contributed by atoms with E-state index in [0.29, 0.717) is 5.02 Å². The van der Waals surface area contributed by atoms with Crippen LogP contribution in [0.3, 0.4) is 0 Å². The first kappa shape index (κ1) is 14.2. The van der Waals surface area contributed by atoms with Gasteiger partial charge in [0.05, 0.1) is 12.0 Å². The molecule has 1 fully saturated rings. The first-order valence-electron chi connectivity index (χ1n) is 7.16. The molecule has 0 aromatic heterocycles. The molecule has 1 aliphatic heterocycles. The molecule has 3 atom stereocenters. The van der Waals surface area contributed by atoms with E-state index in [1.54, 1.807) is 0 Å². The van der Waals surface area contributed by atoms with Crippen molar-refractivity contribution in [3.05, 3.63) is 70.7 Å². The van der Waals surface area contributed by atoms with E-state index >= 15 is 0 Å². The van der Waals surface area contributed by atoms with Gasteiger partial charge in [-0.1, -0.05) is 54.1 Å². The van der Waals surface area contributed by atoms with Crippen LogP contribution in [0.15, 0.2) is 54.6 Å². The molecule has 1 saturated heterocycles. The predicted molar refractivity (Wildman–Crippen MR) is 83.5 cm³/mol. The van der Waals surface area contributed by atoms with Crippen molar-refractivity contribution in [1.29, 1.82) is 0 Å². The number of carbonyl (C=O) groups excluding carboxylic acids is 1. The normalized spacial score (nSPS) is 25.4. The summed E-state index contributed by atoms with van der Waals surface area (Å²) in [4.78, 5) is 12.4. The van der Waals surface area contributed by atoms with Gasteiger partial charge >= 0.3 is 5.97 Å². The van der Waals surface area contributed by atoms with E-state index in [0.717, 1.165) is 17.5 Å². The molecule has 0 amide bonds. The number of hydrogen-bond acceptors (Lipinski definition) is 2. The molecular weight excluding hydrogens is 284 g/mol. The molecule has 0 spiro atoms. The molecule has 2 aromatic carbocycles. The zero-order chi connectivity index (χ0) is 14.8. The summed E-state index contributed by atoms with van der Waals surface area (Å²) in [5.41, 5.74) is 2.14. The van der Waals surface area contributed by atoms with Crippen molar-refractivity contribution in [2.45, 2.75) is 31.3 Å². The SMILES string of the molecule is C[C@H]1C[C@H](c2ccc(Cl)cc2)[C@H](c2ccccc2)C(=O)O1. The van der Waals surface area contributed by atoms with Crippen molar-refractivity contribution >= 4 is 17.6 Å². The van der Waals surface area contributed by atoms with Crippen molar-refractivity contribution in [3.63, 3.8) is 0 Å². The van der Waals surface area contributed by atoms with E-state index in [9.17, 15) is 4.79 Å². The van der Waals surface area contributed by atoms with Gasteiger partial charge in [0.15, 0.2) is 0 Å². The Balaban J connectivity index is 2.01. The largest absolute Gasteiger partial charge is 0.462 e. The highest BCUT2D eigenvalue weighted by atomic mass is 35.5. The number of ether oxygens (including phenoxy) is 1. The van der Waals surface area contributed by atoms with E-state index in [1.807, 2.05) is 61.5 Å². The number of rotatable bonds is 2. The van der Waals surface area contributed by atoms with Crippen LogP contribution in [0.5, 0.6) is 0 Å². The summed E-state index contributed by atoms with van der Waals surface area (Å²) in [5.74, 6) is -0.260. The lowest BCUT2D eigenvalue weighted by Crippen LogP contribution is -2.34. The molecule has 3 heteroatoms. The first-order chi connectivity index (χ1) is 10.1. The fraction of sp³-hybridized carbons (Fsp3) is 0.278. The minimum Gasteiger partial charge on any atom is -0.462 e. The van der Waals surface area contributed by atoms with Crippen LogP contribution in [0.25, 0.3) is 0 Å². The smallest absolute Gasteiger partial charge is 0.314 e. The summed E-state index contributed by atoms with van der Waals surface area (Å²) in [6.07, 6.45) is 0.769. The lowest BCUT2D eigenvalue weighted by molar-refractivity contribution is -0.156. The van der Waals surface area contributed by atoms with Gasteiger partial charge in [-0.25, -0.2) is 0 Å². The van der Waals surface area contributed by atoms with Crippen LogP contribution in [0.2, 0.25) is 5.02 Å². The van der Waals surface area contributed by atoms with Gasteiger partial charge in [0, 0.05) is 10.9 Å². The second-order valence-electron chi connectivity index (χ2n) is 5.53. The maximum Gasteiger partial charge on any atom is 0.314 e. The third-order valence-corrected chi connectivity index (χ3v) is 4.27. The van der Waals surface area contributed by atoms with Gasteiger partial charge in [-0.2, -0.15) is 0 Å². The van der Waals surface area contributed by atoms with Crippen LogP contribution < -0.4 is 0 Å². The van der Waals surface area contributed by atoms with E-state index in [4.69, 9.17) is 16.3 Å². The van der Waals surface area contributed by atoms with Crippen LogP contribution in [0.1, 0.15) is 36.3 Å². The zero-order valence-electron chi connectivity index (χ0n) is 11.8. The van der Waals surface area contributed by atoms with Gasteiger partial charge in [0.1, 0.15) is 0 Å². The summed E-state index contributed by atoms with van der Waals surface area (Å²) in [6, 6.07) is 17.6. The molecule has 0 N–H and O–H groups in total. The minimum absolute atomic E-state index is 0.0573. The van der Waals surface area contributed by atoms with E-state index in [2.05, 4.69) is 0 Å². The summed E-state index contributed by atoms with van der Waals surface area (Å²) < 4.78 is 5.46. The Kier molecular flexibility index (Phi) is 3.98. The Labute approximate surface area is 129 Å². The van der Waals surface area contributed by atoms with Crippen molar-refractivity contribution in [3.8, 4) is 0 Å². The fourth-order valence-corrected chi connectivity index (χ4v) is 3.17. The Morgan fingerprint density at radius 1 is 1.00 bits per heavy atom. The second kappa shape index (κ2) is 5.90. The van der Waals surface area contributed by atoms with Gasteiger partial charge in [0.2, 0.25) is 0 Å². The number of halogens is 1. The molecule has 0 bridgehead atoms. The molecule has 2 aromatic rings. The number of hydrogen-bond donors (Lipinski definition) is 0. The Bertz CT molecular complexity index is 621. The minimum atomic E-state index is -0.247. The Hall–Kier alpha value is -1.80. The van der Waals surface area contributed by atoms with Gasteiger partial charge in [-0.3, -0.25) is 4.79 Å². The Morgan fingerprint density at radius 2 is 1.67 bits per heavy atom. The topological polar surface area (TPSA) is 26.3 Å². The van der Waals surface area contributed by atoms with E-state index in [1.165, 1.54) is 0 Å². The summed E-state index contributed by atoms with van der Waals surface area (Å²) in [6.45, 7) is 1.95. The number of esters is 1. The molecule has 3 rings (SSSR count). The van der Waals surface area contributed by atoms with Gasteiger partial charge in [-0.05, 0) is 36.6 Å². The highest BCUT2D eigenvalue weighted by molar-refractivity contribution is 6.30. The number of carbonyl (C=O) groups is 1. The van der Waals surface area contributed by atoms with Crippen LogP contribution in [0.4, 0.5) is 0 Å². The van der Waals surface area contributed by atoms with Crippen molar-refractivity contribution in [1.82, 2.24) is 0 Å². The summed E-state index contributed by atoms with van der Waals surface area (Å²) in [5, 5.41) is 0.710. The average Bonchev–Trinajstić information content (AvgIpc) is 2.48. The molecule has 2 nitrogen and oxygen atoms in total. The molecule has 1 aliphatic rings. The van der Waals surface area contributed by atoms with Crippen LogP contribution in [-0.4, -0.2) is 12.1 Å². The maximum absolute atomic E-state index is 12.4. The first-order valence-corrected chi connectivity index (χ1v) is 7.54. The summed E-state index contributed by atoms with van der Waals surface area (Å²) >= 11 is 5.97. The van der Waals surface area contributed by atoms with Crippen LogP contribution in [0, 0.1) is 0 Å². The third-order valence-electron chi connectivity index (χ3n) is 4.02. The van der Waals surface area contributed by atoms with Gasteiger partial charge in [-0.15, -0.1) is 0 Å². The average molecular weight is 301 g/mol. The van der Waals surface area contributed by atoms with Crippen LogP contribution >= 0.6 is 11.6 Å². The van der Waals surface area contributed by atoms with Crippen molar-refractivity contribution < 1.29 is 9.53 Å². The molecule has 21 heavy (non-hydrogen) atoms. The molecule has 1 heterocycles. The zero-order valence-corrected chi connectivity index (χ0v) is 12.6. The van der Waals surface area contributed by atoms with Crippen molar-refractivity contribution in [2.24, 2.45) is 0 Å². The maximum atomic E-state index is 12.4.